The van der Waals surface area contributed by atoms with Gasteiger partial charge in [0.15, 0.2) is 5.60 Å². The Hall–Kier alpha value is -2.82. The highest BCUT2D eigenvalue weighted by Gasteiger charge is 2.33. The molecule has 0 saturated carbocycles. The minimum absolute atomic E-state index is 0.0528. The molecule has 124 valence electrons. The van der Waals surface area contributed by atoms with E-state index in [9.17, 15) is 9.59 Å². The number of ether oxygens (including phenoxy) is 2. The van der Waals surface area contributed by atoms with Crippen LogP contribution in [0.5, 0.6) is 5.75 Å². The Bertz CT molecular complexity index is 915. The van der Waals surface area contributed by atoms with Gasteiger partial charge < -0.3 is 13.9 Å². The van der Waals surface area contributed by atoms with Crippen LogP contribution in [0, 0.1) is 6.92 Å². The van der Waals surface area contributed by atoms with Gasteiger partial charge in [-0.1, -0.05) is 0 Å². The molecule has 1 aliphatic rings. The lowest BCUT2D eigenvalue weighted by molar-refractivity contribution is -0.126. The molecule has 0 aliphatic carbocycles. The second-order valence-electron chi connectivity index (χ2n) is 6.14. The summed E-state index contributed by atoms with van der Waals surface area (Å²) >= 11 is 0. The number of benzene rings is 1. The van der Waals surface area contributed by atoms with Crippen molar-refractivity contribution in [3.63, 3.8) is 0 Å². The number of allylic oxidation sites excluding steroid dienone is 1. The highest BCUT2D eigenvalue weighted by atomic mass is 16.5. The van der Waals surface area contributed by atoms with E-state index in [1.165, 1.54) is 12.1 Å². The summed E-state index contributed by atoms with van der Waals surface area (Å²) in [5.41, 5.74) is 0.185. The molecule has 1 aromatic heterocycles. The lowest BCUT2D eigenvalue weighted by Crippen LogP contribution is -2.27. The van der Waals surface area contributed by atoms with Crippen molar-refractivity contribution in [1.29, 1.82) is 0 Å². The number of carbonyl (C=O) groups is 1. The van der Waals surface area contributed by atoms with Gasteiger partial charge >= 0.3 is 5.63 Å². The third-order valence-electron chi connectivity index (χ3n) is 3.79. The fraction of sp³-hybridized carbons (Fsp3) is 0.263. The van der Waals surface area contributed by atoms with Gasteiger partial charge in [0, 0.05) is 23.6 Å². The lowest BCUT2D eigenvalue weighted by Gasteiger charge is -2.16. The van der Waals surface area contributed by atoms with Gasteiger partial charge in [-0.15, -0.1) is 0 Å². The van der Waals surface area contributed by atoms with Crippen LogP contribution >= 0.6 is 0 Å². The number of rotatable bonds is 4. The van der Waals surface area contributed by atoms with Gasteiger partial charge in [0.25, 0.3) is 0 Å². The Labute approximate surface area is 139 Å². The Morgan fingerprint density at radius 1 is 1.21 bits per heavy atom. The van der Waals surface area contributed by atoms with Gasteiger partial charge in [0.2, 0.25) is 5.78 Å². The SMILES string of the molecule is Cc1cc(=O)oc2cc(OC/C=C/C3=CC(=O)C(C)(C)O3)ccc12. The van der Waals surface area contributed by atoms with Crippen molar-refractivity contribution >= 4 is 16.8 Å². The lowest BCUT2D eigenvalue weighted by atomic mass is 10.1. The molecular weight excluding hydrogens is 308 g/mol. The highest BCUT2D eigenvalue weighted by Crippen LogP contribution is 2.25. The van der Waals surface area contributed by atoms with E-state index >= 15 is 0 Å². The van der Waals surface area contributed by atoms with Crippen LogP contribution in [0.25, 0.3) is 11.0 Å². The van der Waals surface area contributed by atoms with Gasteiger partial charge in [0.05, 0.1) is 0 Å². The van der Waals surface area contributed by atoms with E-state index in [0.29, 0.717) is 23.7 Å². The molecule has 0 N–H and O–H groups in total. The van der Waals surface area contributed by atoms with E-state index in [2.05, 4.69) is 0 Å². The monoisotopic (exact) mass is 326 g/mol. The van der Waals surface area contributed by atoms with Crippen molar-refractivity contribution in [1.82, 2.24) is 0 Å². The van der Waals surface area contributed by atoms with Crippen molar-refractivity contribution in [3.8, 4) is 5.75 Å². The maximum atomic E-state index is 11.6. The van der Waals surface area contributed by atoms with Crippen LogP contribution in [0.3, 0.4) is 0 Å². The molecule has 5 heteroatoms. The Balaban J connectivity index is 1.66. The van der Waals surface area contributed by atoms with Crippen molar-refractivity contribution in [2.24, 2.45) is 0 Å². The van der Waals surface area contributed by atoms with E-state index < -0.39 is 5.60 Å². The molecule has 1 aromatic carbocycles. The third-order valence-corrected chi connectivity index (χ3v) is 3.79. The fourth-order valence-corrected chi connectivity index (χ4v) is 2.46. The van der Waals surface area contributed by atoms with Crippen molar-refractivity contribution in [2.75, 3.05) is 6.61 Å². The van der Waals surface area contributed by atoms with Crippen LogP contribution in [0.2, 0.25) is 0 Å². The molecule has 2 aromatic rings. The molecule has 2 heterocycles. The molecule has 0 radical (unpaired) electrons. The zero-order valence-corrected chi connectivity index (χ0v) is 13.8. The third kappa shape index (κ3) is 3.25. The maximum absolute atomic E-state index is 11.6. The van der Waals surface area contributed by atoms with Crippen LogP contribution in [0.1, 0.15) is 19.4 Å². The maximum Gasteiger partial charge on any atom is 0.336 e. The summed E-state index contributed by atoms with van der Waals surface area (Å²) in [5, 5.41) is 0.878. The van der Waals surface area contributed by atoms with Crippen molar-refractivity contribution < 1.29 is 18.7 Å². The highest BCUT2D eigenvalue weighted by molar-refractivity contribution is 5.99. The van der Waals surface area contributed by atoms with Gasteiger partial charge in [-0.3, -0.25) is 4.79 Å². The Morgan fingerprint density at radius 3 is 2.71 bits per heavy atom. The average molecular weight is 326 g/mol. The molecular formula is C19H18O5. The Kier molecular flexibility index (Phi) is 4.01. The number of aryl methyl sites for hydroxylation is 1. The summed E-state index contributed by atoms with van der Waals surface area (Å²) in [7, 11) is 0. The predicted molar refractivity (Wildman–Crippen MR) is 90.1 cm³/mol. The first kappa shape index (κ1) is 16.1. The molecule has 0 saturated heterocycles. The number of carbonyl (C=O) groups excluding carboxylic acids is 1. The summed E-state index contributed by atoms with van der Waals surface area (Å²) in [5.74, 6) is 1.07. The number of hydrogen-bond donors (Lipinski definition) is 0. The Morgan fingerprint density at radius 2 is 2.00 bits per heavy atom. The van der Waals surface area contributed by atoms with Crippen LogP contribution in [-0.4, -0.2) is 18.0 Å². The van der Waals surface area contributed by atoms with Gasteiger partial charge in [-0.2, -0.15) is 0 Å². The number of fused-ring (bicyclic) bond motifs is 1. The van der Waals surface area contributed by atoms with Gasteiger partial charge in [-0.05, 0) is 50.6 Å². The standard InChI is InChI=1S/C19H18O5/c1-12-9-18(21)23-16-10-13(6-7-15(12)16)22-8-4-5-14-11-17(20)19(2,3)24-14/h4-7,9-11H,8H2,1-3H3/b5-4+. The van der Waals surface area contributed by atoms with Crippen molar-refractivity contribution in [2.45, 2.75) is 26.4 Å². The average Bonchev–Trinajstić information content (AvgIpc) is 2.76. The predicted octanol–water partition coefficient (Wildman–Crippen LogP) is 3.30. The minimum Gasteiger partial charge on any atom is -0.489 e. The van der Waals surface area contributed by atoms with Crippen LogP contribution in [0.15, 0.2) is 57.5 Å². The summed E-state index contributed by atoms with van der Waals surface area (Å²) in [6, 6.07) is 6.83. The molecule has 0 amide bonds. The zero-order valence-electron chi connectivity index (χ0n) is 13.8. The molecule has 0 spiro atoms. The quantitative estimate of drug-likeness (QED) is 0.807. The molecule has 1 aliphatic heterocycles. The van der Waals surface area contributed by atoms with Crippen LogP contribution < -0.4 is 10.4 Å². The first-order chi connectivity index (χ1) is 11.3. The van der Waals surface area contributed by atoms with Gasteiger partial charge in [0.1, 0.15) is 23.7 Å². The summed E-state index contributed by atoms with van der Waals surface area (Å²) in [6.07, 6.45) is 4.94. The fourth-order valence-electron chi connectivity index (χ4n) is 2.46. The van der Waals surface area contributed by atoms with E-state index in [-0.39, 0.29) is 11.4 Å². The topological polar surface area (TPSA) is 65.7 Å². The van der Waals surface area contributed by atoms with E-state index in [0.717, 1.165) is 10.9 Å². The first-order valence-corrected chi connectivity index (χ1v) is 7.64. The first-order valence-electron chi connectivity index (χ1n) is 7.64. The summed E-state index contributed by atoms with van der Waals surface area (Å²) in [6.45, 7) is 5.62. The smallest absolute Gasteiger partial charge is 0.336 e. The minimum atomic E-state index is -0.797. The zero-order chi connectivity index (χ0) is 17.3. The van der Waals surface area contributed by atoms with E-state index in [4.69, 9.17) is 13.9 Å². The largest absolute Gasteiger partial charge is 0.489 e. The van der Waals surface area contributed by atoms with Crippen LogP contribution in [0.4, 0.5) is 0 Å². The molecule has 3 rings (SSSR count). The molecule has 0 atom stereocenters. The second kappa shape index (κ2) is 6.00. The molecule has 0 unspecified atom stereocenters. The van der Waals surface area contributed by atoms with E-state index in [1.54, 1.807) is 32.1 Å². The molecule has 0 fully saturated rings. The normalized spacial score (nSPS) is 16.5. The van der Waals surface area contributed by atoms with E-state index in [1.807, 2.05) is 19.1 Å². The number of hydrogen-bond acceptors (Lipinski definition) is 5. The molecule has 24 heavy (non-hydrogen) atoms. The van der Waals surface area contributed by atoms with Crippen LogP contribution in [-0.2, 0) is 9.53 Å². The van der Waals surface area contributed by atoms with Crippen molar-refractivity contribution in [3.05, 3.63) is 64.2 Å². The van der Waals surface area contributed by atoms with Gasteiger partial charge in [-0.25, -0.2) is 4.79 Å². The molecule has 5 nitrogen and oxygen atoms in total. The summed E-state index contributed by atoms with van der Waals surface area (Å²) in [4.78, 5) is 23.1. The number of ketones is 1. The summed E-state index contributed by atoms with van der Waals surface area (Å²) < 4.78 is 16.3. The second-order valence-corrected chi connectivity index (χ2v) is 6.14. The molecule has 0 bridgehead atoms.